The van der Waals surface area contributed by atoms with Gasteiger partial charge in [-0.25, -0.2) is 0 Å². The van der Waals surface area contributed by atoms with E-state index in [9.17, 15) is 14.4 Å². The molecule has 1 aliphatic carbocycles. The Balaban J connectivity index is 1.22. The number of nitrogens with one attached hydrogen (secondary N) is 2. The van der Waals surface area contributed by atoms with Crippen LogP contribution in [0.5, 0.6) is 5.75 Å². The number of ether oxygens (including phenoxy) is 1. The van der Waals surface area contributed by atoms with Gasteiger partial charge in [0.2, 0.25) is 11.8 Å². The second-order valence-electron chi connectivity index (χ2n) is 13.1. The average molecular weight is 668 g/mol. The van der Waals surface area contributed by atoms with Gasteiger partial charge in [-0.3, -0.25) is 19.3 Å². The van der Waals surface area contributed by atoms with Crippen LogP contribution in [0.3, 0.4) is 0 Å². The van der Waals surface area contributed by atoms with Gasteiger partial charge in [-0.05, 0) is 86.6 Å². The van der Waals surface area contributed by atoms with Gasteiger partial charge < -0.3 is 15.4 Å². The Bertz CT molecular complexity index is 1170. The zero-order valence-corrected chi connectivity index (χ0v) is 30.1. The minimum absolute atomic E-state index is 0.0139. The fourth-order valence-corrected chi connectivity index (χ4v) is 7.24. The van der Waals surface area contributed by atoms with Crippen molar-refractivity contribution in [1.29, 1.82) is 0 Å². The lowest BCUT2D eigenvalue weighted by atomic mass is 9.86. The SMILES string of the molecule is CCCNC(=O)CCCCCCCCCCCCC(=O)NCCC(=O)Oc1cccc2c1CC[C@H](N(CCC)CCc1cccs1)C2. The molecule has 8 heteroatoms. The first-order chi connectivity index (χ1) is 23.0. The molecule has 0 bridgehead atoms. The van der Waals surface area contributed by atoms with E-state index in [0.717, 1.165) is 90.3 Å². The maximum absolute atomic E-state index is 12.7. The summed E-state index contributed by atoms with van der Waals surface area (Å²) < 4.78 is 5.81. The molecule has 0 fully saturated rings. The topological polar surface area (TPSA) is 87.7 Å². The Kier molecular flexibility index (Phi) is 19.4. The minimum Gasteiger partial charge on any atom is -0.426 e. The van der Waals surface area contributed by atoms with Crippen molar-refractivity contribution in [3.63, 3.8) is 0 Å². The van der Waals surface area contributed by atoms with Crippen LogP contribution in [-0.4, -0.2) is 54.9 Å². The normalized spacial score (nSPS) is 14.1. The Morgan fingerprint density at radius 2 is 1.45 bits per heavy atom. The highest BCUT2D eigenvalue weighted by Gasteiger charge is 2.26. The summed E-state index contributed by atoms with van der Waals surface area (Å²) in [4.78, 5) is 40.6. The largest absolute Gasteiger partial charge is 0.426 e. The van der Waals surface area contributed by atoms with E-state index < -0.39 is 0 Å². The first-order valence-corrected chi connectivity index (χ1v) is 19.5. The molecule has 0 radical (unpaired) electrons. The molecule has 1 aromatic carbocycles. The number of benzene rings is 1. The molecule has 1 aliphatic rings. The summed E-state index contributed by atoms with van der Waals surface area (Å²) in [7, 11) is 0. The van der Waals surface area contributed by atoms with Crippen LogP contribution in [0.15, 0.2) is 35.7 Å². The Morgan fingerprint density at radius 1 is 0.787 bits per heavy atom. The third kappa shape index (κ3) is 15.8. The number of nitrogens with zero attached hydrogens (tertiary/aromatic N) is 1. The van der Waals surface area contributed by atoms with Gasteiger partial charge in [0.15, 0.2) is 0 Å². The third-order valence-electron chi connectivity index (χ3n) is 9.17. The minimum atomic E-state index is -0.290. The highest BCUT2D eigenvalue weighted by atomic mass is 32.1. The number of hydrogen-bond acceptors (Lipinski definition) is 6. The number of fused-ring (bicyclic) bond motifs is 1. The number of amides is 2. The molecule has 3 rings (SSSR count). The van der Waals surface area contributed by atoms with Crippen LogP contribution in [0.1, 0.15) is 133 Å². The van der Waals surface area contributed by atoms with E-state index in [1.165, 1.54) is 48.1 Å². The van der Waals surface area contributed by atoms with Crippen LogP contribution in [0.2, 0.25) is 0 Å². The van der Waals surface area contributed by atoms with Crippen molar-refractivity contribution in [1.82, 2.24) is 15.5 Å². The van der Waals surface area contributed by atoms with E-state index in [1.807, 2.05) is 23.5 Å². The van der Waals surface area contributed by atoms with Gasteiger partial charge in [-0.15, -0.1) is 11.3 Å². The van der Waals surface area contributed by atoms with E-state index in [-0.39, 0.29) is 24.2 Å². The van der Waals surface area contributed by atoms with Gasteiger partial charge in [-0.2, -0.15) is 0 Å². The first kappa shape index (κ1) is 38.7. The van der Waals surface area contributed by atoms with Crippen molar-refractivity contribution in [2.24, 2.45) is 0 Å². The maximum atomic E-state index is 12.7. The lowest BCUT2D eigenvalue weighted by molar-refractivity contribution is -0.134. The van der Waals surface area contributed by atoms with Crippen molar-refractivity contribution in [3.8, 4) is 5.75 Å². The molecule has 0 spiro atoms. The van der Waals surface area contributed by atoms with E-state index in [2.05, 4.69) is 53.0 Å². The second-order valence-corrected chi connectivity index (χ2v) is 14.1. The van der Waals surface area contributed by atoms with Gasteiger partial charge in [-0.1, -0.05) is 83.4 Å². The lowest BCUT2D eigenvalue weighted by Crippen LogP contribution is -2.41. The Morgan fingerprint density at radius 3 is 2.06 bits per heavy atom. The second kappa shape index (κ2) is 23.6. The summed E-state index contributed by atoms with van der Waals surface area (Å²) in [5, 5.41) is 7.99. The molecule has 1 atom stereocenters. The van der Waals surface area contributed by atoms with E-state index in [0.29, 0.717) is 31.2 Å². The molecule has 2 N–H and O–H groups in total. The summed E-state index contributed by atoms with van der Waals surface area (Å²) in [6, 6.07) is 11.0. The van der Waals surface area contributed by atoms with Crippen molar-refractivity contribution >= 4 is 29.1 Å². The summed E-state index contributed by atoms with van der Waals surface area (Å²) in [5.41, 5.74) is 2.46. The summed E-state index contributed by atoms with van der Waals surface area (Å²) in [6.45, 7) is 7.61. The summed E-state index contributed by atoms with van der Waals surface area (Å²) in [6.07, 6.45) is 18.9. The number of carbonyl (C=O) groups is 3. The van der Waals surface area contributed by atoms with E-state index in [4.69, 9.17) is 4.74 Å². The highest BCUT2D eigenvalue weighted by molar-refractivity contribution is 7.09. The molecule has 0 unspecified atom stereocenters. The first-order valence-electron chi connectivity index (χ1n) is 18.6. The van der Waals surface area contributed by atoms with Crippen LogP contribution < -0.4 is 15.4 Å². The number of rotatable bonds is 25. The van der Waals surface area contributed by atoms with Crippen molar-refractivity contribution in [2.75, 3.05) is 26.2 Å². The van der Waals surface area contributed by atoms with Crippen molar-refractivity contribution in [2.45, 2.75) is 142 Å². The van der Waals surface area contributed by atoms with Crippen molar-refractivity contribution in [3.05, 3.63) is 51.7 Å². The zero-order chi connectivity index (χ0) is 33.5. The molecule has 2 aromatic rings. The van der Waals surface area contributed by atoms with E-state index in [1.54, 1.807) is 0 Å². The molecule has 2 amide bonds. The maximum Gasteiger partial charge on any atom is 0.312 e. The third-order valence-corrected chi connectivity index (χ3v) is 10.1. The van der Waals surface area contributed by atoms with Crippen LogP contribution in [-0.2, 0) is 33.6 Å². The van der Waals surface area contributed by atoms with Crippen LogP contribution in [0.25, 0.3) is 0 Å². The molecule has 0 saturated carbocycles. The molecule has 1 heterocycles. The van der Waals surface area contributed by atoms with Gasteiger partial charge in [0, 0.05) is 43.4 Å². The van der Waals surface area contributed by atoms with Gasteiger partial charge in [0.25, 0.3) is 0 Å². The molecular formula is C39H61N3O4S. The van der Waals surface area contributed by atoms with Gasteiger partial charge >= 0.3 is 5.97 Å². The standard InChI is InChI=1S/C39H61N3O4S/c1-3-26-40-37(43)20-13-11-9-7-5-6-8-10-12-14-21-38(44)41-27-24-39(45)46-36-19-15-17-32-31-33(22-23-35(32)36)42(28-4-2)29-25-34-18-16-30-47-34/h15-19,30,33H,3-14,20-29,31H2,1-2H3,(H,40,43)(H,41,44)/t33-/m0/s1. The van der Waals surface area contributed by atoms with Crippen LogP contribution in [0, 0.1) is 0 Å². The average Bonchev–Trinajstić information content (AvgIpc) is 3.60. The molecule has 0 saturated heterocycles. The molecular weight excluding hydrogens is 607 g/mol. The van der Waals surface area contributed by atoms with Gasteiger partial charge in [0.05, 0.1) is 6.42 Å². The summed E-state index contributed by atoms with van der Waals surface area (Å²) in [5.74, 6) is 0.597. The monoisotopic (exact) mass is 667 g/mol. The number of thiophene rings is 1. The fourth-order valence-electron chi connectivity index (χ4n) is 6.54. The molecule has 0 aliphatic heterocycles. The number of hydrogen-bond donors (Lipinski definition) is 2. The molecule has 7 nitrogen and oxygen atoms in total. The predicted molar refractivity (Wildman–Crippen MR) is 194 cm³/mol. The van der Waals surface area contributed by atoms with E-state index >= 15 is 0 Å². The molecule has 47 heavy (non-hydrogen) atoms. The number of unbranched alkanes of at least 4 members (excludes halogenated alkanes) is 9. The highest BCUT2D eigenvalue weighted by Crippen LogP contribution is 2.32. The molecule has 262 valence electrons. The predicted octanol–water partition coefficient (Wildman–Crippen LogP) is 8.18. The Labute approximate surface area is 288 Å². The van der Waals surface area contributed by atoms with Crippen LogP contribution in [0.4, 0.5) is 0 Å². The molecule has 1 aromatic heterocycles. The quantitative estimate of drug-likeness (QED) is 0.0634. The van der Waals surface area contributed by atoms with Crippen molar-refractivity contribution < 1.29 is 19.1 Å². The lowest BCUT2D eigenvalue weighted by Gasteiger charge is -2.35. The number of esters is 1. The summed E-state index contributed by atoms with van der Waals surface area (Å²) >= 11 is 1.84. The van der Waals surface area contributed by atoms with Gasteiger partial charge in [0.1, 0.15) is 5.75 Å². The Hall–Kier alpha value is -2.71. The number of carbonyl (C=O) groups excluding carboxylic acids is 3. The van der Waals surface area contributed by atoms with Crippen LogP contribution >= 0.6 is 11.3 Å². The fraction of sp³-hybridized carbons (Fsp3) is 0.667. The zero-order valence-electron chi connectivity index (χ0n) is 29.3. The smallest absolute Gasteiger partial charge is 0.312 e.